The summed E-state index contributed by atoms with van der Waals surface area (Å²) in [6.07, 6.45) is 8.58. The summed E-state index contributed by atoms with van der Waals surface area (Å²) < 4.78 is 31.3. The fraction of sp³-hybridized carbons (Fsp3) is 0.226. The van der Waals surface area contributed by atoms with Crippen molar-refractivity contribution in [2.75, 3.05) is 18.1 Å². The minimum atomic E-state index is -3.89. The third-order valence-electron chi connectivity index (χ3n) is 6.10. The summed E-state index contributed by atoms with van der Waals surface area (Å²) in [5.74, 6) is 4.30. The van der Waals surface area contributed by atoms with Crippen molar-refractivity contribution in [3.05, 3.63) is 149 Å². The number of sulfonamides is 1. The molecule has 8 heteroatoms. The van der Waals surface area contributed by atoms with E-state index in [0.717, 1.165) is 28.2 Å². The maximum atomic E-state index is 13.4. The largest absolute Gasteiger partial charge is 3.00 e. The van der Waals surface area contributed by atoms with Gasteiger partial charge in [0.05, 0.1) is 0 Å². The van der Waals surface area contributed by atoms with Crippen LogP contribution in [0, 0.1) is 44.4 Å². The Morgan fingerprint density at radius 2 is 1.28 bits per heavy atom. The van der Waals surface area contributed by atoms with Gasteiger partial charge in [0, 0.05) is 10.6 Å². The number of rotatable bonds is 12. The second-order valence-electron chi connectivity index (χ2n) is 9.05. The molecule has 1 fully saturated rings. The molecule has 0 aromatic heterocycles. The fourth-order valence-corrected chi connectivity index (χ4v) is 5.98. The first-order valence-corrected chi connectivity index (χ1v) is 15.0. The molecule has 205 valence electrons. The van der Waals surface area contributed by atoms with Gasteiger partial charge in [0.2, 0.25) is 0 Å². The predicted molar refractivity (Wildman–Crippen MR) is 155 cm³/mol. The molecule has 0 bridgehead atoms. The first-order valence-electron chi connectivity index (χ1n) is 12.4. The first-order chi connectivity index (χ1) is 17.9. The molecular formula is C31H32ClN2O2RuS2. The molecule has 7 radical (unpaired) electrons. The van der Waals surface area contributed by atoms with Crippen molar-refractivity contribution in [1.29, 1.82) is 0 Å². The second kappa shape index (κ2) is 16.9. The van der Waals surface area contributed by atoms with Crippen molar-refractivity contribution in [3.8, 4) is 0 Å². The van der Waals surface area contributed by atoms with Gasteiger partial charge < -0.3 is 22.4 Å². The van der Waals surface area contributed by atoms with Crippen LogP contribution in [-0.4, -0.2) is 26.5 Å². The van der Waals surface area contributed by atoms with Crippen LogP contribution in [0.5, 0.6) is 0 Å². The number of hydrogen-bond acceptors (Lipinski definition) is 3. The molecule has 1 aliphatic carbocycles. The molecule has 0 amide bonds. The van der Waals surface area contributed by atoms with E-state index in [4.69, 9.17) is 5.32 Å². The second-order valence-corrected chi connectivity index (χ2v) is 11.8. The van der Waals surface area contributed by atoms with Gasteiger partial charge in [0.1, 0.15) is 10.0 Å². The van der Waals surface area contributed by atoms with Crippen molar-refractivity contribution in [1.82, 2.24) is 0 Å². The number of halogens is 1. The van der Waals surface area contributed by atoms with Gasteiger partial charge in [-0.15, -0.1) is 18.6 Å². The summed E-state index contributed by atoms with van der Waals surface area (Å²) in [6.45, 7) is 4.62. The van der Waals surface area contributed by atoms with Crippen LogP contribution >= 0.6 is 11.8 Å². The molecule has 1 aliphatic rings. The van der Waals surface area contributed by atoms with Crippen molar-refractivity contribution >= 4 is 21.8 Å². The minimum absolute atomic E-state index is 0. The van der Waals surface area contributed by atoms with Gasteiger partial charge in [-0.2, -0.15) is 11.8 Å². The fourth-order valence-electron chi connectivity index (χ4n) is 4.04. The molecule has 0 heterocycles. The number of hydrogen-bond donors (Lipinski definition) is 0. The number of benzene rings is 3. The van der Waals surface area contributed by atoms with E-state index in [1.807, 2.05) is 79.3 Å². The van der Waals surface area contributed by atoms with E-state index < -0.39 is 22.1 Å². The van der Waals surface area contributed by atoms with E-state index in [9.17, 15) is 8.42 Å². The average molecular weight is 665 g/mol. The third-order valence-corrected chi connectivity index (χ3v) is 8.48. The molecule has 0 saturated heterocycles. The van der Waals surface area contributed by atoms with Gasteiger partial charge in [0.15, 0.2) is 0 Å². The Morgan fingerprint density at radius 3 is 1.85 bits per heavy atom. The molecule has 0 aliphatic heterocycles. The van der Waals surface area contributed by atoms with Crippen LogP contribution in [0.15, 0.2) is 89.8 Å². The van der Waals surface area contributed by atoms with Crippen LogP contribution < -0.4 is 12.4 Å². The molecule has 1 saturated carbocycles. The molecule has 0 spiro atoms. The Hall–Kier alpha value is -1.21. The summed E-state index contributed by atoms with van der Waals surface area (Å²) in [5, 5.41) is 5.03. The van der Waals surface area contributed by atoms with E-state index in [2.05, 4.69) is 37.3 Å². The van der Waals surface area contributed by atoms with E-state index >= 15 is 0 Å². The number of nitrogens with zero attached hydrogens (tertiary/aromatic N) is 2. The zero-order valence-corrected chi connectivity index (χ0v) is 26.1. The summed E-state index contributed by atoms with van der Waals surface area (Å²) in [4.78, 5) is 0.194. The predicted octanol–water partition coefficient (Wildman–Crippen LogP) is 4.65. The Kier molecular flexibility index (Phi) is 14.7. The van der Waals surface area contributed by atoms with Crippen molar-refractivity contribution < 1.29 is 40.3 Å². The van der Waals surface area contributed by atoms with E-state index in [1.165, 1.54) is 11.8 Å². The topological polar surface area (TPSA) is 62.3 Å². The summed E-state index contributed by atoms with van der Waals surface area (Å²) in [6, 6.07) is 25.2. The molecule has 3 aromatic carbocycles. The van der Waals surface area contributed by atoms with Crippen LogP contribution in [0.25, 0.3) is 10.0 Å². The molecule has 0 unspecified atom stereocenters. The average Bonchev–Trinajstić information content (AvgIpc) is 2.92. The Labute approximate surface area is 258 Å². The maximum Gasteiger partial charge on any atom is 3.00 e. The van der Waals surface area contributed by atoms with Gasteiger partial charge in [-0.25, -0.2) is 8.42 Å². The quantitative estimate of drug-likeness (QED) is 0.209. The molecule has 2 atom stereocenters. The molecule has 4 nitrogen and oxygen atoms in total. The van der Waals surface area contributed by atoms with Gasteiger partial charge >= 0.3 is 19.5 Å². The maximum absolute atomic E-state index is 13.4. The normalized spacial score (nSPS) is 16.1. The van der Waals surface area contributed by atoms with Crippen molar-refractivity contribution in [3.63, 3.8) is 0 Å². The van der Waals surface area contributed by atoms with Gasteiger partial charge in [-0.1, -0.05) is 96.4 Å². The van der Waals surface area contributed by atoms with Crippen LogP contribution in [0.1, 0.15) is 35.7 Å². The van der Waals surface area contributed by atoms with Crippen molar-refractivity contribution in [2.24, 2.45) is 0 Å². The Morgan fingerprint density at radius 1 is 0.744 bits per heavy atom. The van der Waals surface area contributed by atoms with Crippen LogP contribution in [0.2, 0.25) is 0 Å². The number of thioether (sulfide) groups is 1. The van der Waals surface area contributed by atoms with E-state index in [1.54, 1.807) is 24.3 Å². The summed E-state index contributed by atoms with van der Waals surface area (Å²) >= 11 is 1.83. The Bertz CT molecular complexity index is 1190. The minimum Gasteiger partial charge on any atom is -1.00 e. The SMILES string of the molecule is C[C]1[CH][CH][C](CSCC[N-][C@H](c2ccccc2)[C@H]([N-]S(=O)(=O)c2ccc(C)cc2)c2ccccc2)[CH][CH]1.[Cl-].[Ru+3]. The first kappa shape index (κ1) is 34.0. The smallest absolute Gasteiger partial charge is 1.00 e. The monoisotopic (exact) mass is 665 g/mol. The zero-order valence-electron chi connectivity index (χ0n) is 21.9. The summed E-state index contributed by atoms with van der Waals surface area (Å²) in [7, 11) is -3.89. The molecular weight excluding hydrogens is 633 g/mol. The van der Waals surface area contributed by atoms with Crippen LogP contribution in [-0.2, 0) is 29.5 Å². The number of aryl methyl sites for hydroxylation is 1. The van der Waals surface area contributed by atoms with Gasteiger partial charge in [0.25, 0.3) is 0 Å². The Balaban J connectivity index is 0.00000267. The van der Waals surface area contributed by atoms with Gasteiger partial charge in [-0.05, 0) is 62.3 Å². The zero-order chi connectivity index (χ0) is 26.1. The van der Waals surface area contributed by atoms with Gasteiger partial charge in [-0.3, -0.25) is 0 Å². The van der Waals surface area contributed by atoms with E-state index in [0.29, 0.717) is 6.54 Å². The standard InChI is InChI=1S/C31H32N2O2S2.ClH.Ru/c1-24-13-17-26(18-14-24)23-36-22-21-32-30(27-9-5-3-6-10-27)31(28-11-7-4-8-12-28)33-37(34,35)29-19-15-25(2)16-20-29;;/h3-20,30-31H,21-23H2,1-2H3;1H;/q-2;;+3/p-1/t30-,31-;;/m1../s1. The van der Waals surface area contributed by atoms with E-state index in [-0.39, 0.29) is 36.8 Å². The third kappa shape index (κ3) is 10.3. The molecule has 3 aromatic rings. The molecule has 4 rings (SSSR count). The molecule has 0 N–H and O–H groups in total. The van der Waals surface area contributed by atoms with Crippen LogP contribution in [0.3, 0.4) is 0 Å². The molecule has 39 heavy (non-hydrogen) atoms. The summed E-state index contributed by atoms with van der Waals surface area (Å²) in [5.41, 5.74) is 2.77. The van der Waals surface area contributed by atoms with Crippen molar-refractivity contribution in [2.45, 2.75) is 30.8 Å². The van der Waals surface area contributed by atoms with Crippen LogP contribution in [0.4, 0.5) is 0 Å².